The van der Waals surface area contributed by atoms with Gasteiger partial charge in [0.15, 0.2) is 0 Å². The highest BCUT2D eigenvalue weighted by atomic mass is 32.2. The van der Waals surface area contributed by atoms with Crippen molar-refractivity contribution in [3.8, 4) is 0 Å². The van der Waals surface area contributed by atoms with E-state index in [1.54, 1.807) is 6.07 Å². The molecule has 0 aromatic heterocycles. The normalized spacial score (nSPS) is 24.4. The summed E-state index contributed by atoms with van der Waals surface area (Å²) in [7, 11) is -3.43. The molecule has 0 spiro atoms. The molecule has 19 heavy (non-hydrogen) atoms. The Labute approximate surface area is 115 Å². The van der Waals surface area contributed by atoms with Crippen LogP contribution in [-0.4, -0.2) is 27.0 Å². The third kappa shape index (κ3) is 3.35. The molecule has 1 aromatic carbocycles. The third-order valence-electron chi connectivity index (χ3n) is 3.69. The lowest BCUT2D eigenvalue weighted by Gasteiger charge is -2.30. The van der Waals surface area contributed by atoms with Gasteiger partial charge in [-0.05, 0) is 51.8 Å². The van der Waals surface area contributed by atoms with Crippen molar-refractivity contribution in [3.63, 3.8) is 0 Å². The van der Waals surface area contributed by atoms with Crippen molar-refractivity contribution in [3.05, 3.63) is 29.3 Å². The summed E-state index contributed by atoms with van der Waals surface area (Å²) in [6.07, 6.45) is 1.89. The summed E-state index contributed by atoms with van der Waals surface area (Å²) in [5.74, 6) is 0. The Morgan fingerprint density at radius 2 is 2.05 bits per heavy atom. The average molecular weight is 282 g/mol. The van der Waals surface area contributed by atoms with Crippen molar-refractivity contribution in [1.82, 2.24) is 10.0 Å². The lowest BCUT2D eigenvalue weighted by Crippen LogP contribution is -2.51. The van der Waals surface area contributed by atoms with Crippen LogP contribution in [-0.2, 0) is 10.0 Å². The summed E-state index contributed by atoms with van der Waals surface area (Å²) in [6.45, 7) is 6.78. The average Bonchev–Trinajstić information content (AvgIpc) is 2.31. The Kier molecular flexibility index (Phi) is 4.28. The van der Waals surface area contributed by atoms with Gasteiger partial charge >= 0.3 is 0 Å². The minimum atomic E-state index is -3.43. The first-order valence-electron chi connectivity index (χ1n) is 6.73. The molecule has 0 bridgehead atoms. The van der Waals surface area contributed by atoms with E-state index >= 15 is 0 Å². The van der Waals surface area contributed by atoms with Crippen molar-refractivity contribution in [1.29, 1.82) is 0 Å². The molecule has 1 aromatic rings. The number of nitrogens with one attached hydrogen (secondary N) is 2. The number of hydrogen-bond donors (Lipinski definition) is 2. The molecular weight excluding hydrogens is 260 g/mol. The van der Waals surface area contributed by atoms with Gasteiger partial charge in [-0.2, -0.15) is 0 Å². The second-order valence-corrected chi connectivity index (χ2v) is 7.06. The Morgan fingerprint density at radius 1 is 1.32 bits per heavy atom. The molecule has 0 saturated carbocycles. The third-order valence-corrected chi connectivity index (χ3v) is 5.34. The number of benzene rings is 1. The Morgan fingerprint density at radius 3 is 2.68 bits per heavy atom. The van der Waals surface area contributed by atoms with Gasteiger partial charge in [0.2, 0.25) is 10.0 Å². The quantitative estimate of drug-likeness (QED) is 0.887. The predicted molar refractivity (Wildman–Crippen MR) is 76.7 cm³/mol. The van der Waals surface area contributed by atoms with Crippen LogP contribution < -0.4 is 10.0 Å². The van der Waals surface area contributed by atoms with Gasteiger partial charge in [-0.25, -0.2) is 13.1 Å². The first-order chi connectivity index (χ1) is 8.90. The second-order valence-electron chi connectivity index (χ2n) is 5.38. The standard InChI is InChI=1S/C14H22N2O2S/c1-10-6-7-14(11(2)9-10)19(17,18)16-13-5-4-8-15-12(13)3/h6-7,9,12-13,15-16H,4-5,8H2,1-3H3/t12-,13-/m0/s1. The zero-order chi connectivity index (χ0) is 14.0. The molecule has 2 atom stereocenters. The van der Waals surface area contributed by atoms with E-state index < -0.39 is 10.0 Å². The second kappa shape index (κ2) is 5.61. The minimum absolute atomic E-state index is 0.0283. The van der Waals surface area contributed by atoms with E-state index in [1.807, 2.05) is 32.9 Å². The van der Waals surface area contributed by atoms with Gasteiger partial charge in [0.05, 0.1) is 4.90 Å². The first kappa shape index (κ1) is 14.5. The summed E-state index contributed by atoms with van der Waals surface area (Å²) in [5.41, 5.74) is 1.87. The fourth-order valence-corrected chi connectivity index (χ4v) is 4.15. The van der Waals surface area contributed by atoms with E-state index in [2.05, 4.69) is 10.0 Å². The summed E-state index contributed by atoms with van der Waals surface area (Å²) in [6, 6.07) is 5.57. The van der Waals surface area contributed by atoms with E-state index in [0.29, 0.717) is 4.90 Å². The van der Waals surface area contributed by atoms with Crippen molar-refractivity contribution >= 4 is 10.0 Å². The number of rotatable bonds is 3. The molecule has 0 radical (unpaired) electrons. The van der Waals surface area contributed by atoms with Crippen LogP contribution in [0.25, 0.3) is 0 Å². The monoisotopic (exact) mass is 282 g/mol. The first-order valence-corrected chi connectivity index (χ1v) is 8.21. The fraction of sp³-hybridized carbons (Fsp3) is 0.571. The van der Waals surface area contributed by atoms with Gasteiger partial charge in [-0.3, -0.25) is 0 Å². The van der Waals surface area contributed by atoms with E-state index in [0.717, 1.165) is 30.5 Å². The van der Waals surface area contributed by atoms with Crippen LogP contribution >= 0.6 is 0 Å². The van der Waals surface area contributed by atoms with Crippen molar-refractivity contribution < 1.29 is 8.42 Å². The highest BCUT2D eigenvalue weighted by Crippen LogP contribution is 2.18. The maximum atomic E-state index is 12.4. The van der Waals surface area contributed by atoms with Crippen LogP contribution in [0.1, 0.15) is 30.9 Å². The van der Waals surface area contributed by atoms with Crippen LogP contribution in [0, 0.1) is 13.8 Å². The lowest BCUT2D eigenvalue weighted by molar-refractivity contribution is 0.348. The van der Waals surface area contributed by atoms with Gasteiger partial charge in [0.25, 0.3) is 0 Å². The molecule has 5 heteroatoms. The molecular formula is C14H22N2O2S. The Bertz CT molecular complexity index is 555. The minimum Gasteiger partial charge on any atom is -0.313 e. The van der Waals surface area contributed by atoms with E-state index in [1.165, 1.54) is 0 Å². The van der Waals surface area contributed by atoms with Crippen LogP contribution in [0.5, 0.6) is 0 Å². The van der Waals surface area contributed by atoms with Gasteiger partial charge in [0.1, 0.15) is 0 Å². The predicted octanol–water partition coefficient (Wildman–Crippen LogP) is 1.72. The van der Waals surface area contributed by atoms with Crippen molar-refractivity contribution in [2.24, 2.45) is 0 Å². The topological polar surface area (TPSA) is 58.2 Å². The smallest absolute Gasteiger partial charge is 0.241 e. The number of piperidine rings is 1. The number of hydrogen-bond acceptors (Lipinski definition) is 3. The summed E-state index contributed by atoms with van der Waals surface area (Å²) in [5, 5.41) is 3.30. The van der Waals surface area contributed by atoms with Gasteiger partial charge < -0.3 is 5.32 Å². The van der Waals surface area contributed by atoms with Crippen LogP contribution in [0.15, 0.2) is 23.1 Å². The molecule has 1 fully saturated rings. The van der Waals surface area contributed by atoms with E-state index in [4.69, 9.17) is 0 Å². The largest absolute Gasteiger partial charge is 0.313 e. The van der Waals surface area contributed by atoms with Gasteiger partial charge in [0, 0.05) is 12.1 Å². The molecule has 1 aliphatic heterocycles. The summed E-state index contributed by atoms with van der Waals surface area (Å²) < 4.78 is 27.7. The van der Waals surface area contributed by atoms with Crippen molar-refractivity contribution in [2.45, 2.75) is 50.6 Å². The summed E-state index contributed by atoms with van der Waals surface area (Å²) >= 11 is 0. The number of aryl methyl sites for hydroxylation is 2. The highest BCUT2D eigenvalue weighted by molar-refractivity contribution is 7.89. The van der Waals surface area contributed by atoms with Crippen LogP contribution in [0.4, 0.5) is 0 Å². The number of sulfonamides is 1. The van der Waals surface area contributed by atoms with Crippen molar-refractivity contribution in [2.75, 3.05) is 6.54 Å². The maximum Gasteiger partial charge on any atom is 0.241 e. The Hall–Kier alpha value is -0.910. The molecule has 1 heterocycles. The molecule has 0 aliphatic carbocycles. The lowest BCUT2D eigenvalue weighted by atomic mass is 10.0. The molecule has 2 N–H and O–H groups in total. The molecule has 0 amide bonds. The van der Waals surface area contributed by atoms with Gasteiger partial charge in [-0.1, -0.05) is 17.7 Å². The zero-order valence-electron chi connectivity index (χ0n) is 11.7. The van der Waals surface area contributed by atoms with E-state index in [9.17, 15) is 8.42 Å². The Balaban J connectivity index is 2.22. The molecule has 2 rings (SSSR count). The molecule has 0 unspecified atom stereocenters. The van der Waals surface area contributed by atoms with E-state index in [-0.39, 0.29) is 12.1 Å². The SMILES string of the molecule is Cc1ccc(S(=O)(=O)N[C@H]2CCCN[C@H]2C)c(C)c1. The molecule has 1 saturated heterocycles. The van der Waals surface area contributed by atoms with Crippen LogP contribution in [0.2, 0.25) is 0 Å². The zero-order valence-corrected chi connectivity index (χ0v) is 12.5. The van der Waals surface area contributed by atoms with Gasteiger partial charge in [-0.15, -0.1) is 0 Å². The fourth-order valence-electron chi connectivity index (χ4n) is 2.57. The maximum absolute atomic E-state index is 12.4. The highest BCUT2D eigenvalue weighted by Gasteiger charge is 2.27. The molecule has 4 nitrogen and oxygen atoms in total. The van der Waals surface area contributed by atoms with Crippen LogP contribution in [0.3, 0.4) is 0 Å². The molecule has 1 aliphatic rings. The molecule has 106 valence electrons. The summed E-state index contributed by atoms with van der Waals surface area (Å²) in [4.78, 5) is 0.385.